The third-order valence-corrected chi connectivity index (χ3v) is 8.45. The Bertz CT molecular complexity index is 778. The molecule has 2 aromatic rings. The highest BCUT2D eigenvalue weighted by atomic mass is 31.2. The Kier molecular flexibility index (Phi) is 7.65. The van der Waals surface area contributed by atoms with Crippen LogP contribution in [-0.2, 0) is 13.6 Å². The van der Waals surface area contributed by atoms with E-state index in [1.165, 1.54) is 12.8 Å². The van der Waals surface area contributed by atoms with Crippen LogP contribution in [0.5, 0.6) is 0 Å². The van der Waals surface area contributed by atoms with E-state index in [4.69, 9.17) is 9.05 Å². The Labute approximate surface area is 180 Å². The number of anilines is 1. The predicted octanol–water partition coefficient (Wildman–Crippen LogP) is 7.69. The van der Waals surface area contributed by atoms with Gasteiger partial charge in [-0.3, -0.25) is 4.57 Å². The quantitative estimate of drug-likeness (QED) is 0.439. The van der Waals surface area contributed by atoms with E-state index in [1.807, 2.05) is 60.7 Å². The monoisotopic (exact) mass is 427 g/mol. The molecule has 2 aromatic carbocycles. The summed E-state index contributed by atoms with van der Waals surface area (Å²) in [4.78, 5) is 0. The number of hydrogen-bond donors (Lipinski definition) is 1. The SMILES string of the molecule is O=P(OC1CCCCC1)(OC1CCCCC1)[C@H](Nc1ccccc1)c1ccccc1. The zero-order valence-corrected chi connectivity index (χ0v) is 18.6. The van der Waals surface area contributed by atoms with E-state index in [-0.39, 0.29) is 12.2 Å². The standard InChI is InChI=1S/C25H34NO3P/c27-30(28-23-17-9-3-10-18-23,29-24-19-11-4-12-20-24)25(21-13-5-1-6-14-21)26-22-15-7-2-8-16-22/h1-2,5-8,13-16,23-26H,3-4,9-12,17-20H2/t25-/m0/s1. The molecule has 0 bridgehead atoms. The normalized spacial score (nSPS) is 20.0. The molecule has 5 heteroatoms. The molecule has 2 aliphatic rings. The zero-order chi connectivity index (χ0) is 20.7. The fraction of sp³-hybridized carbons (Fsp3) is 0.520. The topological polar surface area (TPSA) is 47.6 Å². The van der Waals surface area contributed by atoms with E-state index in [1.54, 1.807) is 0 Å². The van der Waals surface area contributed by atoms with Crippen molar-refractivity contribution < 1.29 is 13.6 Å². The molecule has 0 spiro atoms. The van der Waals surface area contributed by atoms with E-state index in [9.17, 15) is 4.57 Å². The van der Waals surface area contributed by atoms with Crippen molar-refractivity contribution in [2.45, 2.75) is 82.2 Å². The first-order chi connectivity index (χ1) is 14.7. The molecule has 0 radical (unpaired) electrons. The summed E-state index contributed by atoms with van der Waals surface area (Å²) < 4.78 is 27.4. The molecule has 4 nitrogen and oxygen atoms in total. The minimum absolute atomic E-state index is 0.0111. The van der Waals surface area contributed by atoms with Gasteiger partial charge in [0.1, 0.15) is 0 Å². The van der Waals surface area contributed by atoms with E-state index in [0.717, 1.165) is 62.6 Å². The summed E-state index contributed by atoms with van der Waals surface area (Å²) in [7, 11) is -3.46. The first kappa shape index (κ1) is 21.6. The highest BCUT2D eigenvalue weighted by Crippen LogP contribution is 2.63. The van der Waals surface area contributed by atoms with Crippen LogP contribution in [0.15, 0.2) is 60.7 Å². The van der Waals surface area contributed by atoms with Crippen LogP contribution in [0.3, 0.4) is 0 Å². The Hall–Kier alpha value is -1.61. The largest absolute Gasteiger partial charge is 0.368 e. The minimum atomic E-state index is -3.46. The van der Waals surface area contributed by atoms with Gasteiger partial charge in [-0.25, -0.2) is 0 Å². The highest BCUT2D eigenvalue weighted by Gasteiger charge is 2.42. The van der Waals surface area contributed by atoms with Crippen molar-refractivity contribution in [3.63, 3.8) is 0 Å². The lowest BCUT2D eigenvalue weighted by Gasteiger charge is -2.36. The van der Waals surface area contributed by atoms with Crippen molar-refractivity contribution in [2.24, 2.45) is 0 Å². The van der Waals surface area contributed by atoms with Crippen molar-refractivity contribution in [1.82, 2.24) is 0 Å². The first-order valence-corrected chi connectivity index (χ1v) is 13.2. The zero-order valence-electron chi connectivity index (χ0n) is 17.7. The molecule has 0 unspecified atom stereocenters. The molecule has 2 fully saturated rings. The predicted molar refractivity (Wildman–Crippen MR) is 123 cm³/mol. The van der Waals surface area contributed by atoms with Crippen molar-refractivity contribution in [1.29, 1.82) is 0 Å². The third-order valence-electron chi connectivity index (χ3n) is 6.21. The van der Waals surface area contributed by atoms with Crippen molar-refractivity contribution >= 4 is 13.3 Å². The molecule has 0 amide bonds. The minimum Gasteiger partial charge on any atom is -0.368 e. The van der Waals surface area contributed by atoms with Gasteiger partial charge in [-0.2, -0.15) is 0 Å². The van der Waals surface area contributed by atoms with Crippen molar-refractivity contribution in [2.75, 3.05) is 5.32 Å². The molecule has 30 heavy (non-hydrogen) atoms. The number of rotatable bonds is 8. The fourth-order valence-electron chi connectivity index (χ4n) is 4.58. The van der Waals surface area contributed by atoms with Gasteiger partial charge in [0.15, 0.2) is 5.78 Å². The maximum Gasteiger partial charge on any atom is 0.357 e. The molecular formula is C25H34NO3P. The highest BCUT2D eigenvalue weighted by molar-refractivity contribution is 7.54. The van der Waals surface area contributed by atoms with E-state index in [2.05, 4.69) is 5.32 Å². The number of benzene rings is 2. The molecule has 2 saturated carbocycles. The molecule has 0 heterocycles. The van der Waals surface area contributed by atoms with Crippen LogP contribution in [0, 0.1) is 0 Å². The van der Waals surface area contributed by atoms with Gasteiger partial charge >= 0.3 is 7.60 Å². The average Bonchev–Trinajstić information content (AvgIpc) is 2.80. The van der Waals surface area contributed by atoms with Crippen molar-refractivity contribution in [3.8, 4) is 0 Å². The molecule has 0 aromatic heterocycles. The van der Waals surface area contributed by atoms with Gasteiger partial charge in [-0.15, -0.1) is 0 Å². The second-order valence-corrected chi connectivity index (χ2v) is 10.6. The smallest absolute Gasteiger partial charge is 0.357 e. The summed E-state index contributed by atoms with van der Waals surface area (Å²) >= 11 is 0. The van der Waals surface area contributed by atoms with E-state index < -0.39 is 13.4 Å². The molecule has 0 saturated heterocycles. The van der Waals surface area contributed by atoms with Crippen LogP contribution in [-0.4, -0.2) is 12.2 Å². The average molecular weight is 428 g/mol. The first-order valence-electron chi connectivity index (χ1n) is 11.6. The summed E-state index contributed by atoms with van der Waals surface area (Å²) in [5.74, 6) is -0.523. The Morgan fingerprint density at radius 1 is 0.700 bits per heavy atom. The van der Waals surface area contributed by atoms with Gasteiger partial charge in [0.25, 0.3) is 0 Å². The Balaban J connectivity index is 1.66. The maximum absolute atomic E-state index is 14.5. The molecule has 1 atom stereocenters. The summed E-state index contributed by atoms with van der Waals surface area (Å²) in [6.45, 7) is 0. The molecular weight excluding hydrogens is 393 g/mol. The fourth-order valence-corrected chi connectivity index (χ4v) is 6.97. The van der Waals surface area contributed by atoms with Gasteiger partial charge in [0, 0.05) is 5.69 Å². The second-order valence-electron chi connectivity index (χ2n) is 8.59. The summed E-state index contributed by atoms with van der Waals surface area (Å²) in [6, 6.07) is 19.9. The number of para-hydroxylation sites is 1. The van der Waals surface area contributed by atoms with Crippen LogP contribution in [0.1, 0.15) is 75.6 Å². The summed E-state index contributed by atoms with van der Waals surface area (Å²) in [5, 5.41) is 3.50. The third kappa shape index (κ3) is 5.75. The lowest BCUT2D eigenvalue weighted by molar-refractivity contribution is 0.0758. The van der Waals surface area contributed by atoms with Crippen molar-refractivity contribution in [3.05, 3.63) is 66.2 Å². The molecule has 2 aliphatic carbocycles. The second kappa shape index (κ2) is 10.6. The lowest BCUT2D eigenvalue weighted by Crippen LogP contribution is -2.25. The van der Waals surface area contributed by atoms with Crippen LogP contribution >= 0.6 is 7.60 Å². The summed E-state index contributed by atoms with van der Waals surface area (Å²) in [5.41, 5.74) is 1.86. The summed E-state index contributed by atoms with van der Waals surface area (Å²) in [6.07, 6.45) is 10.9. The van der Waals surface area contributed by atoms with Crippen LogP contribution in [0.4, 0.5) is 5.69 Å². The van der Waals surface area contributed by atoms with Crippen LogP contribution < -0.4 is 5.32 Å². The molecule has 162 valence electrons. The van der Waals surface area contributed by atoms with E-state index in [0.29, 0.717) is 0 Å². The van der Waals surface area contributed by atoms with E-state index >= 15 is 0 Å². The van der Waals surface area contributed by atoms with Gasteiger partial charge in [0.05, 0.1) is 12.2 Å². The van der Waals surface area contributed by atoms with Gasteiger partial charge < -0.3 is 14.4 Å². The number of hydrogen-bond acceptors (Lipinski definition) is 4. The molecule has 4 rings (SSSR count). The van der Waals surface area contributed by atoms with Crippen LogP contribution in [0.2, 0.25) is 0 Å². The molecule has 0 aliphatic heterocycles. The maximum atomic E-state index is 14.5. The van der Waals surface area contributed by atoms with Gasteiger partial charge in [0.2, 0.25) is 0 Å². The van der Waals surface area contributed by atoms with Crippen LogP contribution in [0.25, 0.3) is 0 Å². The Morgan fingerprint density at radius 3 is 1.67 bits per heavy atom. The lowest BCUT2D eigenvalue weighted by atomic mass is 9.98. The van der Waals surface area contributed by atoms with Gasteiger partial charge in [-0.05, 0) is 43.4 Å². The number of nitrogens with one attached hydrogen (secondary N) is 1. The molecule has 1 N–H and O–H groups in total. The Morgan fingerprint density at radius 2 is 1.17 bits per heavy atom. The van der Waals surface area contributed by atoms with Gasteiger partial charge in [-0.1, -0.05) is 87.1 Å².